The molecule has 4 rings (SSSR count). The van der Waals surface area contributed by atoms with Gasteiger partial charge in [-0.2, -0.15) is 4.31 Å². The molecular formula is C32H40N2O5S. The fraction of sp³-hybridized carbons (Fsp3) is 0.406. The van der Waals surface area contributed by atoms with Crippen LogP contribution in [0.25, 0.3) is 0 Å². The largest absolute Gasteiger partial charge is 0.493 e. The lowest BCUT2D eigenvalue weighted by atomic mass is 9.98. The van der Waals surface area contributed by atoms with Gasteiger partial charge in [0.15, 0.2) is 11.5 Å². The molecule has 0 saturated carbocycles. The number of hydrogen-bond acceptors (Lipinski definition) is 5. The van der Waals surface area contributed by atoms with E-state index in [9.17, 15) is 13.2 Å². The van der Waals surface area contributed by atoms with Gasteiger partial charge in [0.2, 0.25) is 15.9 Å². The van der Waals surface area contributed by atoms with Crippen molar-refractivity contribution in [2.75, 3.05) is 20.8 Å². The van der Waals surface area contributed by atoms with Gasteiger partial charge in [0, 0.05) is 18.7 Å². The standard InChI is InChI=1S/C32H40N2O5S/c1-38-30-22-21-28(24-31(30)39-2)40(36,37)34-23-11-20-29(34)32(35)33-27(18-9-16-25-12-5-3-6-13-25)19-10-17-26-14-7-4-8-15-26/h3-8,12-15,21-22,24,27,29H,9-11,16-20,23H2,1-2H3,(H,33,35)/t29-/m0/s1. The van der Waals surface area contributed by atoms with E-state index in [1.807, 2.05) is 36.4 Å². The number of nitrogens with one attached hydrogen (secondary N) is 1. The van der Waals surface area contributed by atoms with E-state index < -0.39 is 16.1 Å². The first-order valence-electron chi connectivity index (χ1n) is 14.0. The molecule has 7 nitrogen and oxygen atoms in total. The lowest BCUT2D eigenvalue weighted by Gasteiger charge is -2.26. The van der Waals surface area contributed by atoms with Crippen LogP contribution in [0.1, 0.15) is 49.7 Å². The van der Waals surface area contributed by atoms with Crippen molar-refractivity contribution in [1.29, 1.82) is 0 Å². The van der Waals surface area contributed by atoms with Gasteiger partial charge in [0.25, 0.3) is 0 Å². The van der Waals surface area contributed by atoms with Crippen LogP contribution in [0.4, 0.5) is 0 Å². The Morgan fingerprint density at radius 2 is 1.45 bits per heavy atom. The van der Waals surface area contributed by atoms with E-state index in [0.29, 0.717) is 30.9 Å². The minimum absolute atomic E-state index is 0.0221. The first-order valence-corrected chi connectivity index (χ1v) is 15.5. The first-order chi connectivity index (χ1) is 19.4. The molecular weight excluding hydrogens is 524 g/mol. The normalized spacial score (nSPS) is 15.7. The molecule has 1 fully saturated rings. The lowest BCUT2D eigenvalue weighted by Crippen LogP contribution is -2.48. The van der Waals surface area contributed by atoms with Gasteiger partial charge >= 0.3 is 0 Å². The number of benzene rings is 3. The third kappa shape index (κ3) is 7.64. The Kier molecular flexibility index (Phi) is 10.6. The van der Waals surface area contributed by atoms with E-state index in [2.05, 4.69) is 29.6 Å². The van der Waals surface area contributed by atoms with Gasteiger partial charge in [0.1, 0.15) is 6.04 Å². The van der Waals surface area contributed by atoms with Crippen LogP contribution < -0.4 is 14.8 Å². The Bertz CT molecular complexity index is 1290. The van der Waals surface area contributed by atoms with Crippen LogP contribution in [0.5, 0.6) is 11.5 Å². The molecule has 1 aliphatic rings. The molecule has 1 aliphatic heterocycles. The van der Waals surface area contributed by atoms with E-state index in [1.165, 1.54) is 41.8 Å². The van der Waals surface area contributed by atoms with Crippen LogP contribution in [0.15, 0.2) is 83.8 Å². The highest BCUT2D eigenvalue weighted by atomic mass is 32.2. The molecule has 0 radical (unpaired) electrons. The molecule has 1 heterocycles. The van der Waals surface area contributed by atoms with E-state index in [4.69, 9.17) is 9.47 Å². The Morgan fingerprint density at radius 3 is 2.00 bits per heavy atom. The molecule has 0 aliphatic carbocycles. The number of carbonyl (C=O) groups excluding carboxylic acids is 1. The van der Waals surface area contributed by atoms with Crippen LogP contribution in [0, 0.1) is 0 Å². The van der Waals surface area contributed by atoms with Gasteiger partial charge in [0.05, 0.1) is 19.1 Å². The summed E-state index contributed by atoms with van der Waals surface area (Å²) < 4.78 is 39.1. The third-order valence-electron chi connectivity index (χ3n) is 7.54. The zero-order chi connectivity index (χ0) is 28.4. The molecule has 8 heteroatoms. The Hall–Kier alpha value is -3.36. The van der Waals surface area contributed by atoms with Gasteiger partial charge < -0.3 is 14.8 Å². The smallest absolute Gasteiger partial charge is 0.243 e. The highest BCUT2D eigenvalue weighted by molar-refractivity contribution is 7.89. The lowest BCUT2D eigenvalue weighted by molar-refractivity contribution is -0.125. The molecule has 3 aromatic carbocycles. The SMILES string of the molecule is COc1ccc(S(=O)(=O)N2CCC[C@H]2C(=O)NC(CCCc2ccccc2)CCCc2ccccc2)cc1OC. The van der Waals surface area contributed by atoms with Crippen LogP contribution in [0.3, 0.4) is 0 Å². The number of sulfonamides is 1. The van der Waals surface area contributed by atoms with E-state index >= 15 is 0 Å². The summed E-state index contributed by atoms with van der Waals surface area (Å²) in [6, 6.07) is 24.5. The summed E-state index contributed by atoms with van der Waals surface area (Å²) in [5.41, 5.74) is 2.56. The molecule has 1 atom stereocenters. The van der Waals surface area contributed by atoms with Crippen molar-refractivity contribution in [1.82, 2.24) is 9.62 Å². The Labute approximate surface area is 238 Å². The van der Waals surface area contributed by atoms with Crippen LogP contribution in [0.2, 0.25) is 0 Å². The number of methoxy groups -OCH3 is 2. The number of carbonyl (C=O) groups is 1. The molecule has 214 valence electrons. The molecule has 0 bridgehead atoms. The first kappa shape index (κ1) is 29.6. The van der Waals surface area contributed by atoms with Gasteiger partial charge in [-0.1, -0.05) is 60.7 Å². The number of aryl methyl sites for hydroxylation is 2. The fourth-order valence-corrected chi connectivity index (χ4v) is 7.06. The third-order valence-corrected chi connectivity index (χ3v) is 9.44. The second-order valence-corrected chi connectivity index (χ2v) is 12.1. The Balaban J connectivity index is 1.43. The average Bonchev–Trinajstić information content (AvgIpc) is 3.49. The summed E-state index contributed by atoms with van der Waals surface area (Å²) in [6.45, 7) is 0.307. The van der Waals surface area contributed by atoms with Crippen molar-refractivity contribution >= 4 is 15.9 Å². The number of nitrogens with zero attached hydrogens (tertiary/aromatic N) is 1. The number of rotatable bonds is 14. The average molecular weight is 565 g/mol. The number of hydrogen-bond donors (Lipinski definition) is 1. The van der Waals surface area contributed by atoms with Crippen molar-refractivity contribution in [2.24, 2.45) is 0 Å². The molecule has 3 aromatic rings. The molecule has 0 aromatic heterocycles. The number of ether oxygens (including phenoxy) is 2. The molecule has 1 N–H and O–H groups in total. The van der Waals surface area contributed by atoms with Gasteiger partial charge in [-0.05, 0) is 74.6 Å². The quantitative estimate of drug-likeness (QED) is 0.284. The van der Waals surface area contributed by atoms with Gasteiger partial charge in [-0.15, -0.1) is 0 Å². The summed E-state index contributed by atoms with van der Waals surface area (Å²) in [7, 11) is -0.924. The van der Waals surface area contributed by atoms with E-state index in [-0.39, 0.29) is 16.8 Å². The fourth-order valence-electron chi connectivity index (χ4n) is 5.38. The maximum Gasteiger partial charge on any atom is 0.243 e. The summed E-state index contributed by atoms with van der Waals surface area (Å²) in [5, 5.41) is 3.24. The molecule has 0 spiro atoms. The monoisotopic (exact) mass is 564 g/mol. The maximum atomic E-state index is 13.6. The van der Waals surface area contributed by atoms with Crippen molar-refractivity contribution in [3.63, 3.8) is 0 Å². The van der Waals surface area contributed by atoms with Crippen molar-refractivity contribution in [3.8, 4) is 11.5 Å². The van der Waals surface area contributed by atoms with E-state index in [1.54, 1.807) is 6.07 Å². The topological polar surface area (TPSA) is 84.9 Å². The highest BCUT2D eigenvalue weighted by Crippen LogP contribution is 2.33. The summed E-state index contributed by atoms with van der Waals surface area (Å²) >= 11 is 0. The zero-order valence-electron chi connectivity index (χ0n) is 23.4. The predicted octanol–water partition coefficient (Wildman–Crippen LogP) is 5.39. The van der Waals surface area contributed by atoms with Crippen molar-refractivity contribution < 1.29 is 22.7 Å². The van der Waals surface area contributed by atoms with Crippen LogP contribution in [-0.2, 0) is 27.7 Å². The second kappa shape index (κ2) is 14.3. The van der Waals surface area contributed by atoms with Crippen LogP contribution >= 0.6 is 0 Å². The predicted molar refractivity (Wildman–Crippen MR) is 157 cm³/mol. The van der Waals surface area contributed by atoms with Crippen molar-refractivity contribution in [2.45, 2.75) is 68.3 Å². The molecule has 0 unspecified atom stereocenters. The Morgan fingerprint density at radius 1 is 0.875 bits per heavy atom. The minimum atomic E-state index is -3.90. The minimum Gasteiger partial charge on any atom is -0.493 e. The summed E-state index contributed by atoms with van der Waals surface area (Å²) in [6.07, 6.45) is 6.58. The second-order valence-electron chi connectivity index (χ2n) is 10.3. The van der Waals surface area contributed by atoms with Crippen molar-refractivity contribution in [3.05, 3.63) is 90.0 Å². The number of amides is 1. The summed E-state index contributed by atoms with van der Waals surface area (Å²) in [5.74, 6) is 0.567. The van der Waals surface area contributed by atoms with Crippen LogP contribution in [-0.4, -0.2) is 51.5 Å². The zero-order valence-corrected chi connectivity index (χ0v) is 24.2. The molecule has 1 amide bonds. The van der Waals surface area contributed by atoms with Gasteiger partial charge in [-0.3, -0.25) is 4.79 Å². The molecule has 1 saturated heterocycles. The summed E-state index contributed by atoms with van der Waals surface area (Å²) in [4.78, 5) is 13.7. The molecule has 40 heavy (non-hydrogen) atoms. The van der Waals surface area contributed by atoms with Gasteiger partial charge in [-0.25, -0.2) is 8.42 Å². The highest BCUT2D eigenvalue weighted by Gasteiger charge is 2.40. The maximum absolute atomic E-state index is 13.6. The van der Waals surface area contributed by atoms with E-state index in [0.717, 1.165) is 38.5 Å².